The number of aliphatic hydroxyl groups is 2. The lowest BCUT2D eigenvalue weighted by Gasteiger charge is -2.24. The van der Waals surface area contributed by atoms with E-state index < -0.39 is 18.2 Å². The summed E-state index contributed by atoms with van der Waals surface area (Å²) in [7, 11) is 0. The molecule has 6 heteroatoms. The number of amides is 1. The van der Waals surface area contributed by atoms with Crippen molar-refractivity contribution in [2.24, 2.45) is 0 Å². The zero-order chi connectivity index (χ0) is 44.5. The normalized spacial score (nSPS) is 14.2. The second-order valence-electron chi connectivity index (χ2n) is 16.2. The quantitative estimate of drug-likeness (QED) is 0.0246. The molecule has 0 saturated carbocycles. The van der Waals surface area contributed by atoms with Gasteiger partial charge >= 0.3 is 5.97 Å². The van der Waals surface area contributed by atoms with Crippen LogP contribution >= 0.6 is 0 Å². The fourth-order valence-corrected chi connectivity index (χ4v) is 6.79. The Morgan fingerprint density at radius 1 is 0.525 bits per heavy atom. The van der Waals surface area contributed by atoms with E-state index in [4.69, 9.17) is 4.74 Å². The third kappa shape index (κ3) is 43.0. The van der Waals surface area contributed by atoms with Gasteiger partial charge in [0.1, 0.15) is 6.10 Å². The van der Waals surface area contributed by atoms with E-state index in [0.717, 1.165) is 77.0 Å². The average Bonchev–Trinajstić information content (AvgIpc) is 3.25. The van der Waals surface area contributed by atoms with Crippen LogP contribution in [0.5, 0.6) is 0 Å². The Labute approximate surface area is 375 Å². The number of hydrogen-bond donors (Lipinski definition) is 3. The Bertz CT molecular complexity index is 1270. The third-order valence-corrected chi connectivity index (χ3v) is 10.5. The predicted octanol–water partition coefficient (Wildman–Crippen LogP) is 14.7. The van der Waals surface area contributed by atoms with E-state index in [1.165, 1.54) is 77.0 Å². The molecule has 0 bridgehead atoms. The molecule has 0 aliphatic carbocycles. The van der Waals surface area contributed by atoms with E-state index in [-0.39, 0.29) is 24.9 Å². The van der Waals surface area contributed by atoms with Crippen LogP contribution in [0.4, 0.5) is 0 Å². The first-order valence-electron chi connectivity index (χ1n) is 24.7. The zero-order valence-corrected chi connectivity index (χ0v) is 39.2. The van der Waals surface area contributed by atoms with Crippen molar-refractivity contribution in [3.05, 3.63) is 109 Å². The molecule has 0 spiro atoms. The summed E-state index contributed by atoms with van der Waals surface area (Å²) in [5, 5.41) is 23.7. The first-order valence-corrected chi connectivity index (χ1v) is 24.7. The van der Waals surface area contributed by atoms with Gasteiger partial charge in [-0.3, -0.25) is 9.59 Å². The minimum absolute atomic E-state index is 0.0379. The first kappa shape index (κ1) is 57.5. The van der Waals surface area contributed by atoms with Gasteiger partial charge in [-0.1, -0.05) is 233 Å². The van der Waals surface area contributed by atoms with Crippen molar-refractivity contribution in [3.63, 3.8) is 0 Å². The van der Waals surface area contributed by atoms with Crippen molar-refractivity contribution >= 4 is 11.9 Å². The van der Waals surface area contributed by atoms with Gasteiger partial charge in [-0.05, 0) is 57.8 Å². The van der Waals surface area contributed by atoms with Gasteiger partial charge in [0.2, 0.25) is 5.91 Å². The van der Waals surface area contributed by atoms with Gasteiger partial charge in [0.25, 0.3) is 0 Å². The maximum atomic E-state index is 13.1. The minimum Gasteiger partial charge on any atom is -0.461 e. The molecular formula is C55H91NO5. The molecule has 0 aliphatic rings. The summed E-state index contributed by atoms with van der Waals surface area (Å²) >= 11 is 0. The van der Waals surface area contributed by atoms with E-state index in [1.54, 1.807) is 0 Å². The van der Waals surface area contributed by atoms with Crippen molar-refractivity contribution in [2.75, 3.05) is 6.61 Å². The molecule has 346 valence electrons. The summed E-state index contributed by atoms with van der Waals surface area (Å²) in [6.45, 7) is 6.16. The van der Waals surface area contributed by atoms with Crippen molar-refractivity contribution in [1.29, 1.82) is 0 Å². The predicted molar refractivity (Wildman–Crippen MR) is 263 cm³/mol. The van der Waals surface area contributed by atoms with Gasteiger partial charge in [0.15, 0.2) is 0 Å². The number of hydrogen-bond acceptors (Lipinski definition) is 5. The summed E-state index contributed by atoms with van der Waals surface area (Å²) in [6, 6.07) is -0.752. The average molecular weight is 846 g/mol. The highest BCUT2D eigenvalue weighted by Crippen LogP contribution is 2.16. The standard InChI is InChI=1S/C55H91NO5/c1-4-7-10-13-16-19-22-24-26-28-30-33-36-39-42-45-48-55(60)61-51(46-43-40-37-34-31-21-18-15-12-9-6-3)49-54(59)56-52(50-57)53(58)47-44-41-38-35-32-29-27-25-23-20-17-14-11-8-5-2/h7,9-10,12,15-16,18-19,21,24,26,30-31,33-34,37,40,43,51-53,57-58H,4-6,8,11,13-14,17,20,22-23,25,27-29,32,35-36,38-39,41-42,44-50H2,1-3H3,(H,56,59)/b10-7+,12-9+,18-15+,19-16+,26-24+,31-21-,33-30+,37-34-,43-40+. The summed E-state index contributed by atoms with van der Waals surface area (Å²) in [5.41, 5.74) is 0. The number of aliphatic hydroxyl groups excluding tert-OH is 2. The van der Waals surface area contributed by atoms with E-state index in [0.29, 0.717) is 19.3 Å². The van der Waals surface area contributed by atoms with Gasteiger partial charge in [-0.2, -0.15) is 0 Å². The molecule has 3 N–H and O–H groups in total. The number of nitrogens with one attached hydrogen (secondary N) is 1. The maximum absolute atomic E-state index is 13.1. The molecule has 1 amide bonds. The zero-order valence-electron chi connectivity index (χ0n) is 39.2. The molecule has 0 aromatic carbocycles. The molecule has 6 nitrogen and oxygen atoms in total. The van der Waals surface area contributed by atoms with Crippen LogP contribution in [-0.4, -0.2) is 46.9 Å². The van der Waals surface area contributed by atoms with Crippen molar-refractivity contribution in [2.45, 2.75) is 219 Å². The van der Waals surface area contributed by atoms with Crippen LogP contribution in [0.2, 0.25) is 0 Å². The van der Waals surface area contributed by atoms with E-state index in [1.807, 2.05) is 54.7 Å². The molecule has 0 saturated heterocycles. The van der Waals surface area contributed by atoms with Crippen LogP contribution in [0.25, 0.3) is 0 Å². The summed E-state index contributed by atoms with van der Waals surface area (Å²) < 4.78 is 5.81. The lowest BCUT2D eigenvalue weighted by atomic mass is 10.0. The van der Waals surface area contributed by atoms with Crippen molar-refractivity contribution in [1.82, 2.24) is 5.32 Å². The Balaban J connectivity index is 4.71. The van der Waals surface area contributed by atoms with Gasteiger partial charge in [-0.15, -0.1) is 0 Å². The molecule has 0 aromatic heterocycles. The Kier molecular flexibility index (Phi) is 44.9. The van der Waals surface area contributed by atoms with Gasteiger partial charge in [-0.25, -0.2) is 0 Å². The highest BCUT2D eigenvalue weighted by Gasteiger charge is 2.23. The van der Waals surface area contributed by atoms with Crippen LogP contribution < -0.4 is 5.32 Å². The van der Waals surface area contributed by atoms with Crippen molar-refractivity contribution in [3.8, 4) is 0 Å². The molecule has 61 heavy (non-hydrogen) atoms. The molecule has 0 heterocycles. The minimum atomic E-state index is -0.829. The fourth-order valence-electron chi connectivity index (χ4n) is 6.79. The lowest BCUT2D eigenvalue weighted by Crippen LogP contribution is -2.46. The second kappa shape index (κ2) is 47.6. The maximum Gasteiger partial charge on any atom is 0.306 e. The SMILES string of the molecule is CC/C=C/C=C/C=C\C=C/C=C/CC(CC(=O)NC(CO)C(O)CCCCCCCCCCCCCCCCC)OC(=O)CCCCC/C=C/C/C=C/C/C=C/C/C=C/CC. The fraction of sp³-hybridized carbons (Fsp3) is 0.636. The van der Waals surface area contributed by atoms with E-state index in [2.05, 4.69) is 80.8 Å². The molecule has 3 atom stereocenters. The number of carbonyl (C=O) groups is 2. The summed E-state index contributed by atoms with van der Waals surface area (Å²) in [5.74, 6) is -0.655. The molecule has 3 unspecified atom stereocenters. The topological polar surface area (TPSA) is 95.9 Å². The molecule has 0 rings (SSSR count). The molecule has 0 fully saturated rings. The second-order valence-corrected chi connectivity index (χ2v) is 16.2. The summed E-state index contributed by atoms with van der Waals surface area (Å²) in [4.78, 5) is 26.0. The van der Waals surface area contributed by atoms with Crippen LogP contribution in [-0.2, 0) is 14.3 Å². The smallest absolute Gasteiger partial charge is 0.306 e. The van der Waals surface area contributed by atoms with Crippen LogP contribution in [0.1, 0.15) is 201 Å². The highest BCUT2D eigenvalue weighted by molar-refractivity contribution is 5.77. The van der Waals surface area contributed by atoms with Crippen LogP contribution in [0, 0.1) is 0 Å². The Morgan fingerprint density at radius 3 is 1.51 bits per heavy atom. The first-order chi connectivity index (χ1) is 30.0. The van der Waals surface area contributed by atoms with Gasteiger partial charge in [0, 0.05) is 12.8 Å². The number of unbranched alkanes of at least 4 members (excludes halogenated alkanes) is 17. The number of esters is 1. The van der Waals surface area contributed by atoms with Crippen LogP contribution in [0.3, 0.4) is 0 Å². The number of allylic oxidation sites excluding steroid dienone is 17. The lowest BCUT2D eigenvalue weighted by molar-refractivity contribution is -0.150. The number of carbonyl (C=O) groups excluding carboxylic acids is 2. The molecule has 0 aliphatic heterocycles. The molecule has 0 radical (unpaired) electrons. The van der Waals surface area contributed by atoms with Crippen molar-refractivity contribution < 1.29 is 24.5 Å². The van der Waals surface area contributed by atoms with Crippen LogP contribution in [0.15, 0.2) is 109 Å². The van der Waals surface area contributed by atoms with Gasteiger partial charge in [0.05, 0.1) is 25.2 Å². The third-order valence-electron chi connectivity index (χ3n) is 10.5. The highest BCUT2D eigenvalue weighted by atomic mass is 16.5. The van der Waals surface area contributed by atoms with E-state index >= 15 is 0 Å². The number of rotatable bonds is 42. The van der Waals surface area contributed by atoms with E-state index in [9.17, 15) is 19.8 Å². The largest absolute Gasteiger partial charge is 0.461 e. The van der Waals surface area contributed by atoms with Gasteiger partial charge < -0.3 is 20.3 Å². The Morgan fingerprint density at radius 2 is 0.984 bits per heavy atom. The summed E-state index contributed by atoms with van der Waals surface area (Å²) in [6.07, 6.45) is 64.6. The molecule has 0 aromatic rings. The Hall–Kier alpha value is -3.48. The molecular weight excluding hydrogens is 755 g/mol. The number of ether oxygens (including phenoxy) is 1. The monoisotopic (exact) mass is 846 g/mol.